The van der Waals surface area contributed by atoms with Crippen molar-refractivity contribution in [1.82, 2.24) is 5.32 Å². The van der Waals surface area contributed by atoms with E-state index in [4.69, 9.17) is 0 Å². The molecule has 0 aromatic carbocycles. The van der Waals surface area contributed by atoms with Crippen molar-refractivity contribution in [2.24, 2.45) is 5.92 Å². The molecule has 1 N–H and O–H groups in total. The van der Waals surface area contributed by atoms with Crippen LogP contribution in [0.3, 0.4) is 0 Å². The zero-order valence-electron chi connectivity index (χ0n) is 13.1. The number of ketones is 1. The highest BCUT2D eigenvalue weighted by atomic mass is 32.2. The molecule has 0 atom stereocenters. The van der Waals surface area contributed by atoms with E-state index in [9.17, 15) is 19.2 Å². The topological polar surface area (TPSA) is 89.5 Å². The van der Waals surface area contributed by atoms with Gasteiger partial charge in [0.15, 0.2) is 0 Å². The molecular weight excluding hydrogens is 294 g/mol. The second-order valence-corrected chi connectivity index (χ2v) is 7.11. The number of nitrogens with one attached hydrogen (secondary N) is 1. The van der Waals surface area contributed by atoms with Gasteiger partial charge in [-0.3, -0.25) is 19.2 Å². The molecule has 0 aliphatic heterocycles. The number of hydrogen-bond donors (Lipinski definition) is 1. The Hall–Kier alpha value is -1.37. The normalized spacial score (nSPS) is 11.1. The summed E-state index contributed by atoms with van der Waals surface area (Å²) in [6.07, 6.45) is -0.548. The summed E-state index contributed by atoms with van der Waals surface area (Å²) in [5.74, 6) is -1.76. The van der Waals surface area contributed by atoms with Crippen LogP contribution in [0, 0.1) is 5.92 Å². The molecule has 0 saturated heterocycles. The molecule has 0 aliphatic carbocycles. The standard InChI is InChI=1S/C14H23NO5S/c1-6-20-11(17)7-10(16)13(19)21-14(4,5)8-15-12(18)9(2)3/h9H,6-8H2,1-5H3,(H,15,18). The number of hydrogen-bond acceptors (Lipinski definition) is 6. The number of rotatable bonds is 8. The SMILES string of the molecule is CCOC(=O)CC(=O)C(=O)SC(C)(C)CNC(=O)C(C)C. The molecule has 0 bridgehead atoms. The van der Waals surface area contributed by atoms with Crippen LogP contribution in [0.15, 0.2) is 0 Å². The van der Waals surface area contributed by atoms with E-state index < -0.39 is 28.0 Å². The van der Waals surface area contributed by atoms with E-state index in [0.29, 0.717) is 0 Å². The Morgan fingerprint density at radius 3 is 2.24 bits per heavy atom. The van der Waals surface area contributed by atoms with Gasteiger partial charge in [0.1, 0.15) is 6.42 Å². The maximum atomic E-state index is 11.8. The van der Waals surface area contributed by atoms with Gasteiger partial charge < -0.3 is 10.1 Å². The molecule has 0 spiro atoms. The van der Waals surface area contributed by atoms with E-state index in [1.165, 1.54) is 0 Å². The lowest BCUT2D eigenvalue weighted by Crippen LogP contribution is -2.39. The smallest absolute Gasteiger partial charge is 0.313 e. The molecular formula is C14H23NO5S. The first-order valence-corrected chi connectivity index (χ1v) is 7.60. The van der Waals surface area contributed by atoms with E-state index in [2.05, 4.69) is 10.1 Å². The molecule has 0 aromatic rings. The maximum absolute atomic E-state index is 11.8. The molecule has 21 heavy (non-hydrogen) atoms. The summed E-state index contributed by atoms with van der Waals surface area (Å²) in [5, 5.41) is 2.01. The predicted molar refractivity (Wildman–Crippen MR) is 80.8 cm³/mol. The van der Waals surface area contributed by atoms with E-state index >= 15 is 0 Å². The van der Waals surface area contributed by atoms with E-state index in [0.717, 1.165) is 11.8 Å². The van der Waals surface area contributed by atoms with Crippen LogP contribution < -0.4 is 5.32 Å². The summed E-state index contributed by atoms with van der Waals surface area (Å²) in [6.45, 7) is 9.07. The third-order valence-corrected chi connectivity index (χ3v) is 3.53. The van der Waals surface area contributed by atoms with Gasteiger partial charge in [0.2, 0.25) is 11.7 Å². The van der Waals surface area contributed by atoms with Crippen molar-refractivity contribution in [1.29, 1.82) is 0 Å². The Bertz CT molecular complexity index is 418. The summed E-state index contributed by atoms with van der Waals surface area (Å²) in [7, 11) is 0. The minimum atomic E-state index is -0.790. The summed E-state index contributed by atoms with van der Waals surface area (Å²) in [6, 6.07) is 0. The molecule has 7 heteroatoms. The van der Waals surface area contributed by atoms with Crippen LogP contribution in [-0.4, -0.2) is 40.7 Å². The average molecular weight is 317 g/mol. The monoisotopic (exact) mass is 317 g/mol. The van der Waals surface area contributed by atoms with E-state index in [1.54, 1.807) is 34.6 Å². The molecule has 0 fully saturated rings. The number of ether oxygens (including phenoxy) is 1. The number of Topliss-reactive ketones (excluding diaryl/α,β-unsaturated/α-hetero) is 1. The molecule has 120 valence electrons. The van der Waals surface area contributed by atoms with Crippen LogP contribution in [-0.2, 0) is 23.9 Å². The van der Waals surface area contributed by atoms with E-state index in [1.807, 2.05) is 0 Å². The largest absolute Gasteiger partial charge is 0.466 e. The maximum Gasteiger partial charge on any atom is 0.313 e. The fraction of sp³-hybridized carbons (Fsp3) is 0.714. The Labute approximate surface area is 129 Å². The third kappa shape index (κ3) is 8.49. The number of carbonyl (C=O) groups excluding carboxylic acids is 4. The number of amides is 1. The van der Waals surface area contributed by atoms with Gasteiger partial charge >= 0.3 is 5.97 Å². The fourth-order valence-corrected chi connectivity index (χ4v) is 2.10. The molecule has 0 saturated carbocycles. The van der Waals surface area contributed by atoms with Gasteiger partial charge in [0, 0.05) is 17.2 Å². The summed E-state index contributed by atoms with van der Waals surface area (Å²) >= 11 is 0.813. The molecule has 6 nitrogen and oxygen atoms in total. The lowest BCUT2D eigenvalue weighted by atomic mass is 10.1. The molecule has 1 amide bonds. The highest BCUT2D eigenvalue weighted by Crippen LogP contribution is 2.25. The molecule has 0 aromatic heterocycles. The van der Waals surface area contributed by atoms with Crippen molar-refractivity contribution in [2.45, 2.75) is 45.8 Å². The van der Waals surface area contributed by atoms with Gasteiger partial charge in [-0.1, -0.05) is 25.6 Å². The first kappa shape index (κ1) is 19.6. The molecule has 0 aliphatic rings. The molecule has 0 radical (unpaired) electrons. The van der Waals surface area contributed by atoms with Gasteiger partial charge in [0.25, 0.3) is 5.12 Å². The van der Waals surface area contributed by atoms with Crippen LogP contribution >= 0.6 is 11.8 Å². The molecule has 0 rings (SSSR count). The highest BCUT2D eigenvalue weighted by molar-refractivity contribution is 8.16. The summed E-state index contributed by atoms with van der Waals surface area (Å²) in [5.41, 5.74) is 0. The highest BCUT2D eigenvalue weighted by Gasteiger charge is 2.28. The van der Waals surface area contributed by atoms with Crippen LogP contribution in [0.1, 0.15) is 41.0 Å². The molecule has 0 unspecified atom stereocenters. The first-order chi connectivity index (χ1) is 9.59. The number of esters is 1. The minimum Gasteiger partial charge on any atom is -0.466 e. The van der Waals surface area contributed by atoms with E-state index in [-0.39, 0.29) is 25.0 Å². The van der Waals surface area contributed by atoms with Gasteiger partial charge in [0.05, 0.1) is 6.61 Å². The van der Waals surface area contributed by atoms with Crippen molar-refractivity contribution in [3.8, 4) is 0 Å². The van der Waals surface area contributed by atoms with Gasteiger partial charge in [-0.25, -0.2) is 0 Å². The van der Waals surface area contributed by atoms with Gasteiger partial charge in [-0.2, -0.15) is 0 Å². The van der Waals surface area contributed by atoms with Crippen molar-refractivity contribution >= 4 is 34.5 Å². The Kier molecular flexibility index (Phi) is 8.24. The fourth-order valence-electron chi connectivity index (χ4n) is 1.26. The Morgan fingerprint density at radius 2 is 1.76 bits per heavy atom. The minimum absolute atomic E-state index is 0.117. The van der Waals surface area contributed by atoms with Gasteiger partial charge in [-0.15, -0.1) is 0 Å². The van der Waals surface area contributed by atoms with Crippen molar-refractivity contribution in [3.63, 3.8) is 0 Å². The van der Waals surface area contributed by atoms with Crippen LogP contribution in [0.5, 0.6) is 0 Å². The second kappa shape index (κ2) is 8.81. The summed E-state index contributed by atoms with van der Waals surface area (Å²) in [4.78, 5) is 46.0. The Balaban J connectivity index is 4.37. The first-order valence-electron chi connectivity index (χ1n) is 6.78. The van der Waals surface area contributed by atoms with Gasteiger partial charge in [-0.05, 0) is 20.8 Å². The summed E-state index contributed by atoms with van der Waals surface area (Å²) < 4.78 is 3.99. The predicted octanol–water partition coefficient (Wildman–Crippen LogP) is 1.32. The number of thioether (sulfide) groups is 1. The van der Waals surface area contributed by atoms with Crippen molar-refractivity contribution in [2.75, 3.05) is 13.2 Å². The van der Waals surface area contributed by atoms with Crippen LogP contribution in [0.2, 0.25) is 0 Å². The van der Waals surface area contributed by atoms with Crippen LogP contribution in [0.25, 0.3) is 0 Å². The zero-order valence-corrected chi connectivity index (χ0v) is 14.0. The lowest BCUT2D eigenvalue weighted by Gasteiger charge is -2.23. The van der Waals surface area contributed by atoms with Crippen LogP contribution in [0.4, 0.5) is 0 Å². The second-order valence-electron chi connectivity index (χ2n) is 5.43. The molecule has 0 heterocycles. The quantitative estimate of drug-likeness (QED) is 0.412. The van der Waals surface area contributed by atoms with Crippen molar-refractivity contribution < 1.29 is 23.9 Å². The van der Waals surface area contributed by atoms with Crippen molar-refractivity contribution in [3.05, 3.63) is 0 Å². The number of carbonyl (C=O) groups is 4. The average Bonchev–Trinajstić information content (AvgIpc) is 2.35. The third-order valence-electron chi connectivity index (χ3n) is 2.42. The Morgan fingerprint density at radius 1 is 1.19 bits per heavy atom. The lowest BCUT2D eigenvalue weighted by molar-refractivity contribution is -0.147. The zero-order chi connectivity index (χ0) is 16.6.